The van der Waals surface area contributed by atoms with Gasteiger partial charge in [-0.25, -0.2) is 0 Å². The predicted molar refractivity (Wildman–Crippen MR) is 138 cm³/mol. The number of carbonyl (C=O) groups is 4. The second-order valence-electron chi connectivity index (χ2n) is 9.98. The van der Waals surface area contributed by atoms with Crippen LogP contribution in [0.5, 0.6) is 0 Å². The number of amides is 4. The van der Waals surface area contributed by atoms with Crippen molar-refractivity contribution in [3.8, 4) is 0 Å². The zero-order valence-electron chi connectivity index (χ0n) is 20.6. The van der Waals surface area contributed by atoms with Crippen molar-refractivity contribution in [2.45, 2.75) is 76.9 Å². The molecule has 1 N–H and O–H groups in total. The van der Waals surface area contributed by atoms with Crippen LogP contribution in [0.3, 0.4) is 0 Å². The first-order valence-corrected chi connectivity index (χ1v) is 13.6. The Kier molecular flexibility index (Phi) is 8.73. The zero-order chi connectivity index (χ0) is 25.8. The maximum atomic E-state index is 13.5. The van der Waals surface area contributed by atoms with Crippen molar-refractivity contribution in [3.05, 3.63) is 46.0 Å². The van der Waals surface area contributed by atoms with Gasteiger partial charge in [0.25, 0.3) is 0 Å². The molecule has 194 valence electrons. The largest absolute Gasteiger partial charge is 0.352 e. The molecule has 1 aromatic carbocycles. The average Bonchev–Trinajstić information content (AvgIpc) is 3.12. The Balaban J connectivity index is 1.48. The van der Waals surface area contributed by atoms with Crippen LogP contribution in [0.2, 0.25) is 10.0 Å². The third kappa shape index (κ3) is 5.78. The quantitative estimate of drug-likeness (QED) is 0.393. The van der Waals surface area contributed by atoms with E-state index < -0.39 is 6.04 Å². The second kappa shape index (κ2) is 11.8. The molecule has 1 aliphatic heterocycles. The van der Waals surface area contributed by atoms with Gasteiger partial charge in [-0.05, 0) is 44.7 Å². The summed E-state index contributed by atoms with van der Waals surface area (Å²) in [6.45, 7) is 1.73. The summed E-state index contributed by atoms with van der Waals surface area (Å²) in [5.74, 6) is -1.68. The fourth-order valence-electron chi connectivity index (χ4n) is 5.45. The van der Waals surface area contributed by atoms with Crippen LogP contribution in [0.25, 0.3) is 0 Å². The first kappa shape index (κ1) is 26.7. The fraction of sp³-hybridized carbons (Fsp3) is 0.556. The molecule has 3 aliphatic rings. The molecule has 1 saturated heterocycles. The van der Waals surface area contributed by atoms with Gasteiger partial charge in [-0.2, -0.15) is 0 Å². The molecule has 1 aromatic rings. The van der Waals surface area contributed by atoms with Crippen molar-refractivity contribution in [3.63, 3.8) is 0 Å². The van der Waals surface area contributed by atoms with Crippen LogP contribution in [-0.4, -0.2) is 52.1 Å². The maximum Gasteiger partial charge on any atom is 0.242 e. The number of imide groups is 1. The summed E-state index contributed by atoms with van der Waals surface area (Å²) in [7, 11) is 0. The summed E-state index contributed by atoms with van der Waals surface area (Å²) >= 11 is 12.8. The van der Waals surface area contributed by atoms with Crippen LogP contribution in [0.1, 0.15) is 63.9 Å². The van der Waals surface area contributed by atoms with E-state index in [0.717, 1.165) is 25.7 Å². The molecular formula is C27H33Cl2N3O4. The molecule has 9 heteroatoms. The number of benzene rings is 1. The van der Waals surface area contributed by atoms with E-state index in [1.165, 1.54) is 16.2 Å². The summed E-state index contributed by atoms with van der Waals surface area (Å²) in [6, 6.07) is 4.43. The maximum absolute atomic E-state index is 13.5. The Hall–Kier alpha value is -2.38. The number of nitrogens with one attached hydrogen (secondary N) is 1. The van der Waals surface area contributed by atoms with Crippen LogP contribution in [0.4, 0.5) is 0 Å². The van der Waals surface area contributed by atoms with E-state index in [9.17, 15) is 19.2 Å². The second-order valence-corrected chi connectivity index (χ2v) is 10.8. The van der Waals surface area contributed by atoms with Gasteiger partial charge in [0.2, 0.25) is 23.6 Å². The third-order valence-corrected chi connectivity index (χ3v) is 8.37. The van der Waals surface area contributed by atoms with Gasteiger partial charge in [0, 0.05) is 41.2 Å². The number of likely N-dealkylation sites (tertiary alicyclic amines) is 1. The minimum Gasteiger partial charge on any atom is -0.352 e. The third-order valence-electron chi connectivity index (χ3n) is 7.66. The van der Waals surface area contributed by atoms with E-state index in [2.05, 4.69) is 5.32 Å². The van der Waals surface area contributed by atoms with Gasteiger partial charge in [0.1, 0.15) is 6.04 Å². The van der Waals surface area contributed by atoms with Crippen molar-refractivity contribution in [1.29, 1.82) is 0 Å². The van der Waals surface area contributed by atoms with Gasteiger partial charge in [-0.3, -0.25) is 24.1 Å². The summed E-state index contributed by atoms with van der Waals surface area (Å²) in [5, 5.41) is 3.90. The molecule has 0 unspecified atom stereocenters. The summed E-state index contributed by atoms with van der Waals surface area (Å²) in [5.41, 5.74) is 0.553. The van der Waals surface area contributed by atoms with E-state index in [1.54, 1.807) is 25.1 Å². The van der Waals surface area contributed by atoms with E-state index in [1.807, 2.05) is 12.2 Å². The van der Waals surface area contributed by atoms with E-state index in [4.69, 9.17) is 23.2 Å². The van der Waals surface area contributed by atoms with Gasteiger partial charge in [0.05, 0.1) is 11.8 Å². The average molecular weight is 534 g/mol. The normalized spacial score (nSPS) is 22.9. The lowest BCUT2D eigenvalue weighted by atomic mass is 9.85. The summed E-state index contributed by atoms with van der Waals surface area (Å²) in [4.78, 5) is 55.0. The number of rotatable bonds is 8. The first-order valence-electron chi connectivity index (χ1n) is 12.8. The van der Waals surface area contributed by atoms with Crippen LogP contribution >= 0.6 is 23.2 Å². The van der Waals surface area contributed by atoms with Crippen LogP contribution in [0, 0.1) is 11.8 Å². The molecule has 1 heterocycles. The van der Waals surface area contributed by atoms with E-state index in [0.29, 0.717) is 28.5 Å². The molecule has 36 heavy (non-hydrogen) atoms. The number of carbonyl (C=O) groups excluding carboxylic acids is 4. The molecule has 4 amide bonds. The molecule has 1 saturated carbocycles. The lowest BCUT2D eigenvalue weighted by Gasteiger charge is -2.32. The number of nitrogens with zero attached hydrogens (tertiary/aromatic N) is 2. The number of fused-ring (bicyclic) bond motifs is 1. The van der Waals surface area contributed by atoms with Gasteiger partial charge in [-0.15, -0.1) is 0 Å². The Morgan fingerprint density at radius 2 is 1.61 bits per heavy atom. The highest BCUT2D eigenvalue weighted by Crippen LogP contribution is 2.35. The predicted octanol–water partition coefficient (Wildman–Crippen LogP) is 4.50. The first-order chi connectivity index (χ1) is 17.3. The topological polar surface area (TPSA) is 86.8 Å². The zero-order valence-corrected chi connectivity index (χ0v) is 22.1. The highest BCUT2D eigenvalue weighted by molar-refractivity contribution is 6.36. The lowest BCUT2D eigenvalue weighted by Crippen LogP contribution is -2.51. The molecule has 2 fully saturated rings. The SMILES string of the molecule is C[C@H](C(=O)NC1CCCCC1)N(Cc1c(Cl)cccc1Cl)C(=O)CCN1C(=O)[C@H]2CC=CC[C@H]2C1=O. The highest BCUT2D eigenvalue weighted by atomic mass is 35.5. The van der Waals surface area contributed by atoms with Crippen LogP contribution in [-0.2, 0) is 25.7 Å². The van der Waals surface area contributed by atoms with E-state index in [-0.39, 0.29) is 61.0 Å². The molecule has 2 aliphatic carbocycles. The van der Waals surface area contributed by atoms with Crippen molar-refractivity contribution in [1.82, 2.24) is 15.1 Å². The Bertz CT molecular complexity index is 1010. The van der Waals surface area contributed by atoms with Crippen LogP contribution < -0.4 is 5.32 Å². The number of halogens is 2. The van der Waals surface area contributed by atoms with E-state index >= 15 is 0 Å². The van der Waals surface area contributed by atoms with Crippen molar-refractivity contribution >= 4 is 46.8 Å². The summed E-state index contributed by atoms with van der Waals surface area (Å²) < 4.78 is 0. The molecule has 7 nitrogen and oxygen atoms in total. The Labute approximate surface area is 222 Å². The summed E-state index contributed by atoms with van der Waals surface area (Å²) in [6.07, 6.45) is 10.1. The molecule has 0 radical (unpaired) electrons. The standard InChI is InChI=1S/C27H33Cl2N3O4/c1-17(25(34)30-18-8-3-2-4-9-18)32(16-21-22(28)12-7-13-23(21)29)24(33)14-15-31-26(35)19-10-5-6-11-20(19)27(31)36/h5-7,12-13,17-20H,2-4,8-11,14-16H2,1H3,(H,30,34)/t17-,19-,20+/m1/s1. The van der Waals surface area contributed by atoms with Crippen molar-refractivity contribution < 1.29 is 19.2 Å². The molecule has 4 rings (SSSR count). The Morgan fingerprint density at radius 3 is 2.19 bits per heavy atom. The molecule has 0 aromatic heterocycles. The lowest BCUT2D eigenvalue weighted by molar-refractivity contribution is -0.144. The number of allylic oxidation sites excluding steroid dienone is 2. The minimum absolute atomic E-state index is 0.00673. The monoisotopic (exact) mass is 533 g/mol. The van der Waals surface area contributed by atoms with Crippen molar-refractivity contribution in [2.24, 2.45) is 11.8 Å². The molecule has 0 spiro atoms. The molecule has 0 bridgehead atoms. The fourth-order valence-corrected chi connectivity index (χ4v) is 5.96. The minimum atomic E-state index is -0.775. The highest BCUT2D eigenvalue weighted by Gasteiger charge is 2.47. The van der Waals surface area contributed by atoms with Gasteiger partial charge < -0.3 is 10.2 Å². The number of hydrogen-bond acceptors (Lipinski definition) is 4. The van der Waals surface area contributed by atoms with Gasteiger partial charge in [-0.1, -0.05) is 60.7 Å². The van der Waals surface area contributed by atoms with Crippen molar-refractivity contribution in [2.75, 3.05) is 6.54 Å². The molecule has 3 atom stereocenters. The number of hydrogen-bond donors (Lipinski definition) is 1. The molecular weight excluding hydrogens is 501 g/mol. The smallest absolute Gasteiger partial charge is 0.242 e. The van der Waals surface area contributed by atoms with Crippen LogP contribution in [0.15, 0.2) is 30.4 Å². The Morgan fingerprint density at radius 1 is 1.03 bits per heavy atom. The van der Waals surface area contributed by atoms with Gasteiger partial charge >= 0.3 is 0 Å². The van der Waals surface area contributed by atoms with Gasteiger partial charge in [0.15, 0.2) is 0 Å².